The van der Waals surface area contributed by atoms with Gasteiger partial charge >= 0.3 is 5.97 Å². The van der Waals surface area contributed by atoms with E-state index in [1.54, 1.807) is 24.5 Å². The van der Waals surface area contributed by atoms with E-state index in [0.717, 1.165) is 37.2 Å². The van der Waals surface area contributed by atoms with Crippen LogP contribution < -0.4 is 9.47 Å². The molecule has 0 atom stereocenters. The standard InChI is InChI=1S/C24H30N2O6S/c1-3-30-21-14-18(9-10-20(21)31-17-23(28)26-11-5-4-6-12-26)24(29)32-16-22(27)25(2)15-19-8-7-13-33-19/h7-10,13-14H,3-6,11-12,15-17H2,1-2H3. The number of likely N-dealkylation sites (N-methyl/N-ethyl adjacent to an activating group) is 1. The Hall–Kier alpha value is -3.07. The first-order valence-electron chi connectivity index (χ1n) is 11.1. The van der Waals surface area contributed by atoms with Crippen molar-refractivity contribution in [2.24, 2.45) is 0 Å². The zero-order chi connectivity index (χ0) is 23.6. The summed E-state index contributed by atoms with van der Waals surface area (Å²) in [5.74, 6) is -0.265. The molecule has 0 spiro atoms. The number of esters is 1. The van der Waals surface area contributed by atoms with Crippen LogP contribution in [0.1, 0.15) is 41.4 Å². The topological polar surface area (TPSA) is 85.4 Å². The smallest absolute Gasteiger partial charge is 0.338 e. The third-order valence-corrected chi connectivity index (χ3v) is 6.13. The number of hydrogen-bond acceptors (Lipinski definition) is 7. The molecule has 0 radical (unpaired) electrons. The number of likely N-dealkylation sites (tertiary alicyclic amines) is 1. The molecule has 0 saturated carbocycles. The van der Waals surface area contributed by atoms with Crippen molar-refractivity contribution in [2.75, 3.05) is 40.0 Å². The quantitative estimate of drug-likeness (QED) is 0.491. The number of nitrogens with zero attached hydrogens (tertiary/aromatic N) is 2. The second-order valence-electron chi connectivity index (χ2n) is 7.73. The Morgan fingerprint density at radius 3 is 2.52 bits per heavy atom. The van der Waals surface area contributed by atoms with Crippen LogP contribution in [0.25, 0.3) is 0 Å². The van der Waals surface area contributed by atoms with Crippen LogP contribution in [0.5, 0.6) is 11.5 Å². The molecule has 1 aromatic carbocycles. The predicted octanol–water partition coefficient (Wildman–Crippen LogP) is 3.35. The van der Waals surface area contributed by atoms with Gasteiger partial charge in [-0.15, -0.1) is 11.3 Å². The molecule has 8 nitrogen and oxygen atoms in total. The summed E-state index contributed by atoms with van der Waals surface area (Å²) in [7, 11) is 1.67. The largest absolute Gasteiger partial charge is 0.490 e. The Kier molecular flexibility index (Phi) is 9.12. The highest BCUT2D eigenvalue weighted by Crippen LogP contribution is 2.29. The van der Waals surface area contributed by atoms with E-state index >= 15 is 0 Å². The van der Waals surface area contributed by atoms with Crippen LogP contribution in [0.3, 0.4) is 0 Å². The van der Waals surface area contributed by atoms with Crippen molar-refractivity contribution in [3.05, 3.63) is 46.2 Å². The average molecular weight is 475 g/mol. The Labute approximate surface area is 198 Å². The van der Waals surface area contributed by atoms with Crippen molar-refractivity contribution in [1.29, 1.82) is 0 Å². The van der Waals surface area contributed by atoms with E-state index in [-0.39, 0.29) is 30.6 Å². The zero-order valence-corrected chi connectivity index (χ0v) is 19.9. The summed E-state index contributed by atoms with van der Waals surface area (Å²) < 4.78 is 16.5. The van der Waals surface area contributed by atoms with Crippen molar-refractivity contribution in [2.45, 2.75) is 32.7 Å². The third kappa shape index (κ3) is 7.21. The molecule has 0 bridgehead atoms. The molecule has 2 heterocycles. The number of piperidine rings is 1. The van der Waals surface area contributed by atoms with E-state index in [9.17, 15) is 14.4 Å². The highest BCUT2D eigenvalue weighted by Gasteiger charge is 2.19. The fourth-order valence-corrected chi connectivity index (χ4v) is 4.20. The van der Waals surface area contributed by atoms with Crippen LogP contribution in [0.4, 0.5) is 0 Å². The van der Waals surface area contributed by atoms with Gasteiger partial charge in [-0.05, 0) is 55.8 Å². The van der Waals surface area contributed by atoms with E-state index in [2.05, 4.69) is 0 Å². The summed E-state index contributed by atoms with van der Waals surface area (Å²) in [5.41, 5.74) is 0.238. The summed E-state index contributed by atoms with van der Waals surface area (Å²) >= 11 is 1.56. The molecule has 1 fully saturated rings. The van der Waals surface area contributed by atoms with Crippen LogP contribution in [0, 0.1) is 0 Å². The highest BCUT2D eigenvalue weighted by atomic mass is 32.1. The molecule has 2 aromatic rings. The lowest BCUT2D eigenvalue weighted by Crippen LogP contribution is -2.38. The van der Waals surface area contributed by atoms with Crippen LogP contribution in [-0.4, -0.2) is 67.5 Å². The molecule has 1 aliphatic rings. The maximum absolute atomic E-state index is 12.5. The molecule has 33 heavy (non-hydrogen) atoms. The summed E-state index contributed by atoms with van der Waals surface area (Å²) in [4.78, 5) is 41.5. The van der Waals surface area contributed by atoms with E-state index in [1.807, 2.05) is 29.3 Å². The monoisotopic (exact) mass is 474 g/mol. The average Bonchev–Trinajstić information content (AvgIpc) is 3.35. The molecule has 9 heteroatoms. The number of hydrogen-bond donors (Lipinski definition) is 0. The number of benzene rings is 1. The Morgan fingerprint density at radius 2 is 1.82 bits per heavy atom. The SMILES string of the molecule is CCOc1cc(C(=O)OCC(=O)N(C)Cc2cccs2)ccc1OCC(=O)N1CCCCC1. The van der Waals surface area contributed by atoms with Gasteiger partial charge in [-0.3, -0.25) is 9.59 Å². The molecular formula is C24H30N2O6S. The van der Waals surface area contributed by atoms with Crippen molar-refractivity contribution >= 4 is 29.1 Å². The predicted molar refractivity (Wildman–Crippen MR) is 125 cm³/mol. The van der Waals surface area contributed by atoms with E-state index in [0.29, 0.717) is 24.7 Å². The minimum atomic E-state index is -0.634. The number of thiophene rings is 1. The lowest BCUT2D eigenvalue weighted by molar-refractivity contribution is -0.134. The van der Waals surface area contributed by atoms with Crippen LogP contribution in [0.15, 0.2) is 35.7 Å². The first-order valence-corrected chi connectivity index (χ1v) is 12.0. The van der Waals surface area contributed by atoms with E-state index in [4.69, 9.17) is 14.2 Å². The molecule has 0 unspecified atom stereocenters. The Balaban J connectivity index is 1.55. The molecular weight excluding hydrogens is 444 g/mol. The van der Waals surface area contributed by atoms with Gasteiger partial charge in [-0.25, -0.2) is 4.79 Å². The van der Waals surface area contributed by atoms with Gasteiger partial charge in [0, 0.05) is 25.0 Å². The normalized spacial score (nSPS) is 13.3. The van der Waals surface area contributed by atoms with Crippen LogP contribution >= 0.6 is 11.3 Å². The fraction of sp³-hybridized carbons (Fsp3) is 0.458. The van der Waals surface area contributed by atoms with Gasteiger partial charge in [0.25, 0.3) is 11.8 Å². The summed E-state index contributed by atoms with van der Waals surface area (Å²) in [6.07, 6.45) is 3.17. The van der Waals surface area contributed by atoms with Crippen molar-refractivity contribution < 1.29 is 28.6 Å². The van der Waals surface area contributed by atoms with E-state index < -0.39 is 5.97 Å². The molecule has 0 N–H and O–H groups in total. The number of carbonyl (C=O) groups is 3. The van der Waals surface area contributed by atoms with Crippen LogP contribution in [0.2, 0.25) is 0 Å². The van der Waals surface area contributed by atoms with Gasteiger partial charge in [0.1, 0.15) is 0 Å². The second-order valence-corrected chi connectivity index (χ2v) is 8.76. The first-order chi connectivity index (χ1) is 16.0. The Bertz CT molecular complexity index is 940. The van der Waals surface area contributed by atoms with Gasteiger partial charge in [0.2, 0.25) is 0 Å². The summed E-state index contributed by atoms with van der Waals surface area (Å²) in [6.45, 7) is 3.71. The lowest BCUT2D eigenvalue weighted by atomic mass is 10.1. The summed E-state index contributed by atoms with van der Waals surface area (Å²) in [6, 6.07) is 8.48. The van der Waals surface area contributed by atoms with Crippen molar-refractivity contribution in [3.8, 4) is 11.5 Å². The fourth-order valence-electron chi connectivity index (χ4n) is 3.44. The second kappa shape index (κ2) is 12.2. The molecule has 178 valence electrons. The molecule has 0 aliphatic carbocycles. The minimum absolute atomic E-state index is 0.0641. The number of carbonyl (C=O) groups excluding carboxylic acids is 3. The minimum Gasteiger partial charge on any atom is -0.490 e. The maximum Gasteiger partial charge on any atom is 0.338 e. The molecule has 2 amide bonds. The van der Waals surface area contributed by atoms with Crippen molar-refractivity contribution in [1.82, 2.24) is 9.80 Å². The zero-order valence-electron chi connectivity index (χ0n) is 19.1. The third-order valence-electron chi connectivity index (χ3n) is 5.26. The summed E-state index contributed by atoms with van der Waals surface area (Å²) in [5, 5.41) is 1.95. The number of rotatable bonds is 10. The number of amides is 2. The highest BCUT2D eigenvalue weighted by molar-refractivity contribution is 7.09. The molecule has 1 aliphatic heterocycles. The molecule has 3 rings (SSSR count). The van der Waals surface area contributed by atoms with Crippen molar-refractivity contribution in [3.63, 3.8) is 0 Å². The molecule has 1 aromatic heterocycles. The van der Waals surface area contributed by atoms with Gasteiger partial charge < -0.3 is 24.0 Å². The molecule has 1 saturated heterocycles. The van der Waals surface area contributed by atoms with Crippen LogP contribution in [-0.2, 0) is 20.9 Å². The van der Waals surface area contributed by atoms with Gasteiger partial charge in [0.15, 0.2) is 24.7 Å². The number of ether oxygens (including phenoxy) is 3. The maximum atomic E-state index is 12.5. The first kappa shape index (κ1) is 24.6. The van der Waals surface area contributed by atoms with Gasteiger partial charge in [-0.1, -0.05) is 6.07 Å². The van der Waals surface area contributed by atoms with Gasteiger partial charge in [0.05, 0.1) is 18.7 Å². The lowest BCUT2D eigenvalue weighted by Gasteiger charge is -2.26. The van der Waals surface area contributed by atoms with Gasteiger partial charge in [-0.2, -0.15) is 0 Å². The Morgan fingerprint density at radius 1 is 1.03 bits per heavy atom. The van der Waals surface area contributed by atoms with E-state index in [1.165, 1.54) is 17.0 Å².